The van der Waals surface area contributed by atoms with Crippen molar-refractivity contribution in [2.45, 2.75) is 32.0 Å². The number of carboxylic acids is 1. The van der Waals surface area contributed by atoms with Crippen molar-refractivity contribution in [1.29, 1.82) is 0 Å². The number of amidine groups is 1. The standard InChI is InChI=1S/C28H29FN6O5S2/c1-3-39-27(38)22-18(32-24(25-30-7-10-41-25)33-23(22)16-5-4-6-17(29)15(16)2)12-34-8-9-40-20-14-35(13-19(20)34)28-31-11-21(42-28)26(36)37/h4-7,10-11,19-20,23H,3,8-9,12-14H2,1-2H3,(H,32,33)(H,36,37)/t19-,20+,23-/m0/s1. The molecule has 42 heavy (non-hydrogen) atoms. The Balaban J connectivity index is 1.36. The molecule has 6 rings (SSSR count). The third-order valence-corrected chi connectivity index (χ3v) is 9.44. The zero-order valence-corrected chi connectivity index (χ0v) is 24.6. The smallest absolute Gasteiger partial charge is 0.347 e. The number of benzene rings is 1. The van der Waals surface area contributed by atoms with E-state index >= 15 is 0 Å². The summed E-state index contributed by atoms with van der Waals surface area (Å²) in [5, 5.41) is 15.8. The number of carboxylic acid groups (broad SMARTS) is 1. The molecular weight excluding hydrogens is 583 g/mol. The molecule has 3 aromatic rings. The minimum Gasteiger partial charge on any atom is -0.477 e. The van der Waals surface area contributed by atoms with Gasteiger partial charge >= 0.3 is 11.9 Å². The number of fused-ring (bicyclic) bond motifs is 1. The number of esters is 1. The summed E-state index contributed by atoms with van der Waals surface area (Å²) in [5.74, 6) is -1.39. The highest BCUT2D eigenvalue weighted by Gasteiger charge is 2.43. The van der Waals surface area contributed by atoms with E-state index in [4.69, 9.17) is 14.5 Å². The van der Waals surface area contributed by atoms with Crippen LogP contribution in [0.3, 0.4) is 0 Å². The van der Waals surface area contributed by atoms with Gasteiger partial charge in [0.2, 0.25) is 0 Å². The van der Waals surface area contributed by atoms with Gasteiger partial charge in [-0.1, -0.05) is 23.5 Å². The van der Waals surface area contributed by atoms with Gasteiger partial charge in [0.1, 0.15) is 16.7 Å². The molecular formula is C28H29FN6O5S2. The van der Waals surface area contributed by atoms with E-state index < -0.39 is 18.0 Å². The number of nitrogens with zero attached hydrogens (tertiary/aromatic N) is 5. The number of aliphatic imine (C=N–C) groups is 1. The number of carbonyl (C=O) groups excluding carboxylic acids is 1. The SMILES string of the molecule is CCOC(=O)C1=C(CN2CCO[C@@H]3CN(c4ncc(C(=O)O)s4)C[C@@H]32)NC(c2nccs2)=N[C@H]1c1cccc(F)c1C. The Morgan fingerprint density at radius 3 is 2.88 bits per heavy atom. The Morgan fingerprint density at radius 1 is 1.29 bits per heavy atom. The summed E-state index contributed by atoms with van der Waals surface area (Å²) >= 11 is 2.55. The van der Waals surface area contributed by atoms with Gasteiger partial charge in [-0.25, -0.2) is 23.9 Å². The third-order valence-electron chi connectivity index (χ3n) is 7.61. The summed E-state index contributed by atoms with van der Waals surface area (Å²) < 4.78 is 26.4. The van der Waals surface area contributed by atoms with E-state index in [1.165, 1.54) is 23.6 Å². The van der Waals surface area contributed by atoms with E-state index in [0.29, 0.717) is 71.2 Å². The van der Waals surface area contributed by atoms with Gasteiger partial charge in [0, 0.05) is 43.5 Å². The summed E-state index contributed by atoms with van der Waals surface area (Å²) in [6.45, 7) is 6.23. The predicted molar refractivity (Wildman–Crippen MR) is 156 cm³/mol. The molecule has 2 fully saturated rings. The molecule has 0 unspecified atom stereocenters. The summed E-state index contributed by atoms with van der Waals surface area (Å²) in [6, 6.07) is 3.96. The van der Waals surface area contributed by atoms with E-state index in [0.717, 1.165) is 11.3 Å². The minimum atomic E-state index is -1.00. The van der Waals surface area contributed by atoms with Gasteiger partial charge in [0.15, 0.2) is 16.0 Å². The lowest BCUT2D eigenvalue weighted by molar-refractivity contribution is -0.139. The van der Waals surface area contributed by atoms with E-state index in [1.54, 1.807) is 32.2 Å². The van der Waals surface area contributed by atoms with Gasteiger partial charge in [-0.15, -0.1) is 11.3 Å². The van der Waals surface area contributed by atoms with Gasteiger partial charge in [0.25, 0.3) is 0 Å². The first-order valence-electron chi connectivity index (χ1n) is 13.5. The maximum absolute atomic E-state index is 14.7. The second kappa shape index (κ2) is 11.9. The second-order valence-corrected chi connectivity index (χ2v) is 12.0. The van der Waals surface area contributed by atoms with Crippen LogP contribution >= 0.6 is 22.7 Å². The van der Waals surface area contributed by atoms with Crippen molar-refractivity contribution < 1.29 is 28.6 Å². The second-order valence-electron chi connectivity index (χ2n) is 10.1. The molecule has 0 spiro atoms. The zero-order valence-electron chi connectivity index (χ0n) is 22.9. The summed E-state index contributed by atoms with van der Waals surface area (Å²) in [7, 11) is 0. The van der Waals surface area contributed by atoms with Crippen molar-refractivity contribution in [3.8, 4) is 0 Å². The molecule has 3 atom stereocenters. The maximum atomic E-state index is 14.7. The largest absolute Gasteiger partial charge is 0.477 e. The average Bonchev–Trinajstić information content (AvgIpc) is 3.75. The molecule has 0 amide bonds. The van der Waals surface area contributed by atoms with Crippen LogP contribution in [0, 0.1) is 12.7 Å². The number of ether oxygens (including phenoxy) is 2. The van der Waals surface area contributed by atoms with Crippen LogP contribution in [-0.2, 0) is 14.3 Å². The molecule has 3 aliphatic rings. The Labute approximate surface area is 249 Å². The Kier molecular flexibility index (Phi) is 8.03. The van der Waals surface area contributed by atoms with Gasteiger partial charge in [0.05, 0.1) is 37.1 Å². The number of carbonyl (C=O) groups is 2. The molecule has 0 radical (unpaired) electrons. The summed E-state index contributed by atoms with van der Waals surface area (Å²) in [4.78, 5) is 43.1. The molecule has 3 aliphatic heterocycles. The Bertz CT molecular complexity index is 1560. The molecule has 5 heterocycles. The number of rotatable bonds is 8. The number of morpholine rings is 1. The van der Waals surface area contributed by atoms with E-state index in [1.807, 2.05) is 10.3 Å². The molecule has 14 heteroatoms. The third kappa shape index (κ3) is 5.42. The molecule has 2 saturated heterocycles. The van der Waals surface area contributed by atoms with Gasteiger partial charge in [-0.05, 0) is 31.0 Å². The van der Waals surface area contributed by atoms with Gasteiger partial charge in [-0.2, -0.15) is 0 Å². The van der Waals surface area contributed by atoms with E-state index in [-0.39, 0.29) is 29.4 Å². The topological polar surface area (TPSA) is 129 Å². The van der Waals surface area contributed by atoms with Crippen LogP contribution in [0.15, 0.2) is 52.2 Å². The highest BCUT2D eigenvalue weighted by atomic mass is 32.1. The molecule has 11 nitrogen and oxygen atoms in total. The number of aromatic carboxylic acids is 1. The lowest BCUT2D eigenvalue weighted by atomic mass is 9.92. The lowest BCUT2D eigenvalue weighted by Gasteiger charge is -2.38. The molecule has 0 aliphatic carbocycles. The van der Waals surface area contributed by atoms with Crippen LogP contribution in [0.1, 0.15) is 38.8 Å². The van der Waals surface area contributed by atoms with Crippen LogP contribution in [0.5, 0.6) is 0 Å². The first kappa shape index (κ1) is 28.4. The number of thiazole rings is 2. The average molecular weight is 613 g/mol. The Morgan fingerprint density at radius 2 is 2.14 bits per heavy atom. The minimum absolute atomic E-state index is 0.0368. The number of hydrogen-bond donors (Lipinski definition) is 2. The fraction of sp³-hybridized carbons (Fsp3) is 0.393. The number of aromatic nitrogens is 2. The lowest BCUT2D eigenvalue weighted by Crippen LogP contribution is -2.53. The number of halogens is 1. The fourth-order valence-corrected chi connectivity index (χ4v) is 6.95. The molecule has 220 valence electrons. The highest BCUT2D eigenvalue weighted by molar-refractivity contribution is 7.17. The summed E-state index contributed by atoms with van der Waals surface area (Å²) in [6.07, 6.45) is 2.93. The fourth-order valence-electron chi connectivity index (χ4n) is 5.59. The highest BCUT2D eigenvalue weighted by Crippen LogP contribution is 2.37. The van der Waals surface area contributed by atoms with Crippen LogP contribution in [0.2, 0.25) is 0 Å². The van der Waals surface area contributed by atoms with Gasteiger partial charge < -0.3 is 24.8 Å². The monoisotopic (exact) mass is 612 g/mol. The number of nitrogens with one attached hydrogen (secondary N) is 1. The van der Waals surface area contributed by atoms with Crippen molar-refractivity contribution in [1.82, 2.24) is 20.2 Å². The van der Waals surface area contributed by atoms with Crippen molar-refractivity contribution in [3.05, 3.63) is 74.1 Å². The normalized spacial score (nSPS) is 22.5. The molecule has 2 N–H and O–H groups in total. The summed E-state index contributed by atoms with van der Waals surface area (Å²) in [5.41, 5.74) is 1.93. The van der Waals surface area contributed by atoms with Crippen LogP contribution in [-0.4, -0.2) is 89.3 Å². The molecule has 1 aromatic carbocycles. The zero-order chi connectivity index (χ0) is 29.4. The molecule has 0 saturated carbocycles. The van der Waals surface area contributed by atoms with Crippen LogP contribution in [0.25, 0.3) is 0 Å². The quantitative estimate of drug-likeness (QED) is 0.366. The number of hydrogen-bond acceptors (Lipinski definition) is 12. The molecule has 0 bridgehead atoms. The van der Waals surface area contributed by atoms with Crippen LogP contribution in [0.4, 0.5) is 9.52 Å². The van der Waals surface area contributed by atoms with E-state index in [9.17, 15) is 19.1 Å². The van der Waals surface area contributed by atoms with Crippen molar-refractivity contribution >= 4 is 45.6 Å². The van der Waals surface area contributed by atoms with E-state index in [2.05, 4.69) is 20.2 Å². The predicted octanol–water partition coefficient (Wildman–Crippen LogP) is 3.24. The molecule has 2 aromatic heterocycles. The van der Waals surface area contributed by atoms with Crippen LogP contribution < -0.4 is 10.2 Å². The van der Waals surface area contributed by atoms with Crippen molar-refractivity contribution in [2.24, 2.45) is 4.99 Å². The first-order chi connectivity index (χ1) is 20.3. The first-order valence-corrected chi connectivity index (χ1v) is 15.2. The maximum Gasteiger partial charge on any atom is 0.347 e. The Hall–Kier alpha value is -3.72. The number of anilines is 1. The van der Waals surface area contributed by atoms with Crippen molar-refractivity contribution in [3.63, 3.8) is 0 Å². The van der Waals surface area contributed by atoms with Gasteiger partial charge in [-0.3, -0.25) is 9.89 Å². The van der Waals surface area contributed by atoms with Crippen molar-refractivity contribution in [2.75, 3.05) is 44.3 Å².